The topological polar surface area (TPSA) is 46.9 Å². The van der Waals surface area contributed by atoms with Crippen LogP contribution in [0.3, 0.4) is 0 Å². The molecule has 0 aliphatic carbocycles. The number of hydrogen-bond donors (Lipinski definition) is 1. The smallest absolute Gasteiger partial charge is 0.256 e. The maximum atomic E-state index is 12.3. The van der Waals surface area contributed by atoms with E-state index < -0.39 is 0 Å². The van der Waals surface area contributed by atoms with Crippen molar-refractivity contribution in [3.05, 3.63) is 83.0 Å². The summed E-state index contributed by atoms with van der Waals surface area (Å²) in [7, 11) is 1.81. The molecule has 3 rings (SSSR count). The van der Waals surface area contributed by atoms with Crippen molar-refractivity contribution in [2.75, 3.05) is 5.32 Å². The zero-order chi connectivity index (χ0) is 16.2. The van der Waals surface area contributed by atoms with Crippen molar-refractivity contribution in [2.24, 2.45) is 7.05 Å². The molecule has 1 amide bonds. The van der Waals surface area contributed by atoms with Crippen LogP contribution in [-0.2, 0) is 13.5 Å². The minimum Gasteiger partial charge on any atom is -0.307 e. The molecular weight excluding hydrogens is 286 g/mol. The Kier molecular flexibility index (Phi) is 4.24. The van der Waals surface area contributed by atoms with E-state index in [1.807, 2.05) is 62.5 Å². The van der Waals surface area contributed by atoms with Crippen molar-refractivity contribution in [3.63, 3.8) is 0 Å². The van der Waals surface area contributed by atoms with E-state index >= 15 is 0 Å². The highest BCUT2D eigenvalue weighted by Gasteiger charge is 2.09. The van der Waals surface area contributed by atoms with Crippen LogP contribution in [0.5, 0.6) is 0 Å². The second-order valence-electron chi connectivity index (χ2n) is 5.61. The highest BCUT2D eigenvalue weighted by Crippen LogP contribution is 2.13. The molecule has 3 aromatic rings. The first-order chi connectivity index (χ1) is 11.1. The fourth-order valence-corrected chi connectivity index (χ4v) is 2.52. The summed E-state index contributed by atoms with van der Waals surface area (Å²) in [6, 6.07) is 19.8. The molecular formula is C19H19N3O. The van der Waals surface area contributed by atoms with Gasteiger partial charge >= 0.3 is 0 Å². The number of carbonyl (C=O) groups excluding carboxylic acids is 1. The Labute approximate surface area is 135 Å². The lowest BCUT2D eigenvalue weighted by Crippen LogP contribution is -2.14. The summed E-state index contributed by atoms with van der Waals surface area (Å²) in [4.78, 5) is 12.3. The third kappa shape index (κ3) is 3.66. The van der Waals surface area contributed by atoms with Crippen LogP contribution < -0.4 is 5.32 Å². The van der Waals surface area contributed by atoms with Gasteiger partial charge in [0.2, 0.25) is 0 Å². The molecule has 23 heavy (non-hydrogen) atoms. The predicted molar refractivity (Wildman–Crippen MR) is 91.6 cm³/mol. The molecule has 2 aromatic carbocycles. The van der Waals surface area contributed by atoms with Crippen molar-refractivity contribution >= 4 is 11.7 Å². The summed E-state index contributed by atoms with van der Waals surface area (Å²) in [5, 5.41) is 7.10. The number of rotatable bonds is 4. The van der Waals surface area contributed by atoms with Gasteiger partial charge in [0.25, 0.3) is 5.91 Å². The Morgan fingerprint density at radius 2 is 1.70 bits per heavy atom. The molecule has 0 saturated carbocycles. The molecule has 1 aromatic heterocycles. The number of aryl methyl sites for hydroxylation is 2. The molecule has 0 radical (unpaired) electrons. The zero-order valence-corrected chi connectivity index (χ0v) is 13.3. The Morgan fingerprint density at radius 1 is 1.04 bits per heavy atom. The minimum absolute atomic E-state index is 0.126. The Balaban J connectivity index is 1.69. The van der Waals surface area contributed by atoms with Crippen molar-refractivity contribution in [1.82, 2.24) is 9.78 Å². The van der Waals surface area contributed by atoms with Gasteiger partial charge in [0.15, 0.2) is 0 Å². The van der Waals surface area contributed by atoms with E-state index in [-0.39, 0.29) is 5.91 Å². The first kappa shape index (κ1) is 15.0. The average Bonchev–Trinajstić information content (AvgIpc) is 2.86. The fourth-order valence-electron chi connectivity index (χ4n) is 2.52. The van der Waals surface area contributed by atoms with Gasteiger partial charge in [0, 0.05) is 18.7 Å². The highest BCUT2D eigenvalue weighted by molar-refractivity contribution is 6.03. The molecule has 0 saturated heterocycles. The fraction of sp³-hybridized carbons (Fsp3) is 0.158. The van der Waals surface area contributed by atoms with Crippen molar-refractivity contribution < 1.29 is 4.79 Å². The van der Waals surface area contributed by atoms with Gasteiger partial charge in [-0.2, -0.15) is 5.10 Å². The molecule has 0 aliphatic heterocycles. The number of anilines is 1. The van der Waals surface area contributed by atoms with Crippen molar-refractivity contribution in [3.8, 4) is 0 Å². The van der Waals surface area contributed by atoms with Crippen LogP contribution in [0.15, 0.2) is 60.7 Å². The molecule has 1 N–H and O–H groups in total. The first-order valence-electron chi connectivity index (χ1n) is 7.57. The summed E-state index contributed by atoms with van der Waals surface area (Å²) in [5.74, 6) is 0.570. The van der Waals surface area contributed by atoms with Gasteiger partial charge in [0.05, 0.1) is 5.69 Å². The molecule has 0 atom stereocenters. The third-order valence-electron chi connectivity index (χ3n) is 3.71. The summed E-state index contributed by atoms with van der Waals surface area (Å²) in [5.41, 5.74) is 3.96. The Morgan fingerprint density at radius 3 is 2.30 bits per heavy atom. The van der Waals surface area contributed by atoms with Gasteiger partial charge in [-0.05, 0) is 36.6 Å². The van der Waals surface area contributed by atoms with Crippen molar-refractivity contribution in [1.29, 1.82) is 0 Å². The second kappa shape index (κ2) is 6.48. The van der Waals surface area contributed by atoms with Crippen LogP contribution in [0.1, 0.15) is 27.2 Å². The average molecular weight is 305 g/mol. The molecule has 0 unspecified atom stereocenters. The largest absolute Gasteiger partial charge is 0.307 e. The van der Waals surface area contributed by atoms with E-state index in [2.05, 4.69) is 22.5 Å². The standard InChI is InChI=1S/C19H19N3O/c1-14-12-18(22(2)21-14)20-19(23)17-10-8-16(9-11-17)13-15-6-4-3-5-7-15/h3-12H,13H2,1-2H3,(H,20,23). The first-order valence-corrected chi connectivity index (χ1v) is 7.57. The minimum atomic E-state index is -0.126. The summed E-state index contributed by atoms with van der Waals surface area (Å²) in [6.07, 6.45) is 0.865. The summed E-state index contributed by atoms with van der Waals surface area (Å²) >= 11 is 0. The molecule has 1 heterocycles. The molecule has 0 aliphatic rings. The zero-order valence-electron chi connectivity index (χ0n) is 13.3. The predicted octanol–water partition coefficient (Wildman–Crippen LogP) is 3.57. The number of nitrogens with one attached hydrogen (secondary N) is 1. The molecule has 116 valence electrons. The summed E-state index contributed by atoms with van der Waals surface area (Å²) in [6.45, 7) is 1.90. The van der Waals surface area contributed by atoms with Gasteiger partial charge in [0.1, 0.15) is 5.82 Å². The highest BCUT2D eigenvalue weighted by atomic mass is 16.1. The number of nitrogens with zero attached hydrogens (tertiary/aromatic N) is 2. The number of amides is 1. The van der Waals surface area contributed by atoms with Crippen LogP contribution in [0.2, 0.25) is 0 Å². The maximum Gasteiger partial charge on any atom is 0.256 e. The number of benzene rings is 2. The molecule has 4 heteroatoms. The van der Waals surface area contributed by atoms with E-state index in [0.29, 0.717) is 11.4 Å². The number of carbonyl (C=O) groups is 1. The Hall–Kier alpha value is -2.88. The van der Waals surface area contributed by atoms with Crippen molar-refractivity contribution in [2.45, 2.75) is 13.3 Å². The van der Waals surface area contributed by atoms with Gasteiger partial charge < -0.3 is 5.32 Å². The lowest BCUT2D eigenvalue weighted by molar-refractivity contribution is 0.102. The normalized spacial score (nSPS) is 10.5. The molecule has 0 spiro atoms. The summed E-state index contributed by atoms with van der Waals surface area (Å²) < 4.78 is 1.66. The van der Waals surface area contributed by atoms with Crippen LogP contribution in [0.25, 0.3) is 0 Å². The van der Waals surface area contributed by atoms with Gasteiger partial charge in [-0.3, -0.25) is 9.48 Å². The molecule has 0 bridgehead atoms. The van der Waals surface area contributed by atoms with E-state index in [1.54, 1.807) is 4.68 Å². The van der Waals surface area contributed by atoms with Crippen LogP contribution in [0.4, 0.5) is 5.82 Å². The second-order valence-corrected chi connectivity index (χ2v) is 5.61. The molecule has 4 nitrogen and oxygen atoms in total. The third-order valence-corrected chi connectivity index (χ3v) is 3.71. The number of aromatic nitrogens is 2. The van der Waals surface area contributed by atoms with E-state index in [1.165, 1.54) is 11.1 Å². The van der Waals surface area contributed by atoms with Gasteiger partial charge in [-0.25, -0.2) is 0 Å². The van der Waals surface area contributed by atoms with Crippen LogP contribution in [0, 0.1) is 6.92 Å². The van der Waals surface area contributed by atoms with Gasteiger partial charge in [-0.15, -0.1) is 0 Å². The maximum absolute atomic E-state index is 12.3. The monoisotopic (exact) mass is 305 g/mol. The van der Waals surface area contributed by atoms with E-state index in [9.17, 15) is 4.79 Å². The molecule has 0 fully saturated rings. The number of hydrogen-bond acceptors (Lipinski definition) is 2. The quantitative estimate of drug-likeness (QED) is 0.801. The van der Waals surface area contributed by atoms with Gasteiger partial charge in [-0.1, -0.05) is 42.5 Å². The SMILES string of the molecule is Cc1cc(NC(=O)c2ccc(Cc3ccccc3)cc2)n(C)n1. The lowest BCUT2D eigenvalue weighted by Gasteiger charge is -2.06. The van der Waals surface area contributed by atoms with E-state index in [4.69, 9.17) is 0 Å². The van der Waals surface area contributed by atoms with Crippen LogP contribution >= 0.6 is 0 Å². The van der Waals surface area contributed by atoms with Crippen LogP contribution in [-0.4, -0.2) is 15.7 Å². The van der Waals surface area contributed by atoms with E-state index in [0.717, 1.165) is 12.1 Å². The lowest BCUT2D eigenvalue weighted by atomic mass is 10.0. The Bertz CT molecular complexity index is 804.